The molecule has 1 unspecified atom stereocenters. The minimum atomic E-state index is -0.168. The van der Waals surface area contributed by atoms with Gasteiger partial charge in [-0.05, 0) is 35.7 Å². The molecule has 0 aromatic heterocycles. The molecule has 0 aliphatic heterocycles. The number of alkyl halides is 1. The Bertz CT molecular complexity index is 513. The normalized spacial score (nSPS) is 12.4. The van der Waals surface area contributed by atoms with Crippen molar-refractivity contribution in [3.05, 3.63) is 70.5 Å². The molecule has 0 amide bonds. The lowest BCUT2D eigenvalue weighted by molar-refractivity contribution is 0.608. The zero-order valence-electron chi connectivity index (χ0n) is 9.04. The molecule has 17 heavy (non-hydrogen) atoms. The van der Waals surface area contributed by atoms with Crippen molar-refractivity contribution in [2.75, 3.05) is 0 Å². The Hall–Kier alpha value is -0.860. The van der Waals surface area contributed by atoms with Gasteiger partial charge in [0, 0.05) is 9.85 Å². The summed E-state index contributed by atoms with van der Waals surface area (Å²) in [6.07, 6.45) is 0.604. The van der Waals surface area contributed by atoms with Gasteiger partial charge in [0.1, 0.15) is 5.82 Å². The molecule has 0 saturated heterocycles. The van der Waals surface area contributed by atoms with Gasteiger partial charge < -0.3 is 0 Å². The maximum absolute atomic E-state index is 13.5. The van der Waals surface area contributed by atoms with Crippen LogP contribution in [0.1, 0.15) is 16.0 Å². The molecule has 2 rings (SSSR count). The Morgan fingerprint density at radius 3 is 2.59 bits per heavy atom. The van der Waals surface area contributed by atoms with Crippen LogP contribution in [0, 0.1) is 5.82 Å². The number of benzene rings is 2. The van der Waals surface area contributed by atoms with Gasteiger partial charge in [-0.1, -0.05) is 57.9 Å². The molecular formula is C14H11BrClF. The predicted molar refractivity (Wildman–Crippen MR) is 73.2 cm³/mol. The molecule has 2 aromatic rings. The molecule has 0 aliphatic rings. The third kappa shape index (κ3) is 3.30. The molecule has 0 bridgehead atoms. The number of rotatable bonds is 3. The Labute approximate surface area is 114 Å². The highest BCUT2D eigenvalue weighted by atomic mass is 79.9. The fraction of sp³-hybridized carbons (Fsp3) is 0.143. The predicted octanol–water partition coefficient (Wildman–Crippen LogP) is 5.16. The lowest BCUT2D eigenvalue weighted by Crippen LogP contribution is -1.97. The smallest absolute Gasteiger partial charge is 0.126 e. The van der Waals surface area contributed by atoms with Crippen LogP contribution in [0.3, 0.4) is 0 Å². The van der Waals surface area contributed by atoms with Crippen LogP contribution in [0.4, 0.5) is 4.39 Å². The largest absolute Gasteiger partial charge is 0.207 e. The fourth-order valence-corrected chi connectivity index (χ4v) is 2.51. The Morgan fingerprint density at radius 1 is 1.12 bits per heavy atom. The topological polar surface area (TPSA) is 0 Å². The van der Waals surface area contributed by atoms with Gasteiger partial charge in [-0.2, -0.15) is 0 Å². The van der Waals surface area contributed by atoms with E-state index in [4.69, 9.17) is 11.6 Å². The Balaban J connectivity index is 2.17. The van der Waals surface area contributed by atoms with Crippen LogP contribution in [-0.4, -0.2) is 0 Å². The molecule has 0 aliphatic carbocycles. The third-order valence-corrected chi connectivity index (χ3v) is 3.65. The van der Waals surface area contributed by atoms with Crippen LogP contribution in [0.5, 0.6) is 0 Å². The summed E-state index contributed by atoms with van der Waals surface area (Å²) in [6.45, 7) is 0. The van der Waals surface area contributed by atoms with Crippen molar-refractivity contribution in [2.24, 2.45) is 0 Å². The van der Waals surface area contributed by atoms with Crippen molar-refractivity contribution < 1.29 is 4.39 Å². The number of hydrogen-bond donors (Lipinski definition) is 0. The molecule has 0 heterocycles. The lowest BCUT2D eigenvalue weighted by atomic mass is 10.0. The second kappa shape index (κ2) is 5.65. The summed E-state index contributed by atoms with van der Waals surface area (Å²) < 4.78 is 13.5. The molecule has 0 spiro atoms. The van der Waals surface area contributed by atoms with Gasteiger partial charge in [0.25, 0.3) is 0 Å². The monoisotopic (exact) mass is 312 g/mol. The van der Waals surface area contributed by atoms with E-state index in [1.807, 2.05) is 30.3 Å². The van der Waals surface area contributed by atoms with Crippen molar-refractivity contribution in [3.8, 4) is 0 Å². The van der Waals surface area contributed by atoms with Crippen molar-refractivity contribution in [1.29, 1.82) is 0 Å². The van der Waals surface area contributed by atoms with Crippen LogP contribution in [0.2, 0.25) is 5.02 Å². The molecule has 0 nitrogen and oxygen atoms in total. The summed E-state index contributed by atoms with van der Waals surface area (Å²) in [5.74, 6) is -0.168. The molecule has 0 saturated carbocycles. The van der Waals surface area contributed by atoms with Crippen LogP contribution < -0.4 is 0 Å². The van der Waals surface area contributed by atoms with Crippen molar-refractivity contribution in [2.45, 2.75) is 11.2 Å². The highest BCUT2D eigenvalue weighted by Gasteiger charge is 2.11. The van der Waals surface area contributed by atoms with Crippen LogP contribution in [0.15, 0.2) is 48.5 Å². The zero-order valence-corrected chi connectivity index (χ0v) is 11.4. The first-order valence-corrected chi connectivity index (χ1v) is 6.59. The van der Waals surface area contributed by atoms with Gasteiger partial charge >= 0.3 is 0 Å². The SMILES string of the molecule is Fc1ccccc1CC(Br)c1cccc(Cl)c1. The van der Waals surface area contributed by atoms with E-state index in [1.54, 1.807) is 12.1 Å². The standard InChI is InChI=1S/C14H11BrClF/c15-13(10-5-3-6-12(16)8-10)9-11-4-1-2-7-14(11)17/h1-8,13H,9H2. The quantitative estimate of drug-likeness (QED) is 0.687. The van der Waals surface area contributed by atoms with E-state index in [0.717, 1.165) is 5.56 Å². The first kappa shape index (κ1) is 12.6. The van der Waals surface area contributed by atoms with E-state index in [2.05, 4.69) is 15.9 Å². The van der Waals surface area contributed by atoms with Gasteiger partial charge in [-0.3, -0.25) is 0 Å². The molecule has 88 valence electrons. The average Bonchev–Trinajstić information content (AvgIpc) is 2.32. The third-order valence-electron chi connectivity index (χ3n) is 2.57. The van der Waals surface area contributed by atoms with E-state index in [-0.39, 0.29) is 10.6 Å². The molecule has 0 fully saturated rings. The van der Waals surface area contributed by atoms with Crippen LogP contribution >= 0.6 is 27.5 Å². The second-order valence-corrected chi connectivity index (χ2v) is 5.36. The minimum Gasteiger partial charge on any atom is -0.207 e. The van der Waals surface area contributed by atoms with E-state index >= 15 is 0 Å². The summed E-state index contributed by atoms with van der Waals surface area (Å²) >= 11 is 9.49. The average molecular weight is 314 g/mol. The van der Waals surface area contributed by atoms with E-state index < -0.39 is 0 Å². The van der Waals surface area contributed by atoms with Gasteiger partial charge in [0.05, 0.1) is 0 Å². The molecule has 3 heteroatoms. The molecule has 0 radical (unpaired) electrons. The minimum absolute atomic E-state index is 0.0677. The van der Waals surface area contributed by atoms with E-state index in [1.165, 1.54) is 6.07 Å². The van der Waals surface area contributed by atoms with E-state index in [0.29, 0.717) is 17.0 Å². The highest BCUT2D eigenvalue weighted by molar-refractivity contribution is 9.09. The van der Waals surface area contributed by atoms with Crippen molar-refractivity contribution >= 4 is 27.5 Å². The Kier molecular flexibility index (Phi) is 4.19. The fourth-order valence-electron chi connectivity index (χ4n) is 1.68. The van der Waals surface area contributed by atoms with Gasteiger partial charge in [0.15, 0.2) is 0 Å². The maximum atomic E-state index is 13.5. The number of hydrogen-bond acceptors (Lipinski definition) is 0. The summed E-state index contributed by atoms with van der Waals surface area (Å²) in [4.78, 5) is 0.0677. The molecule has 2 aromatic carbocycles. The van der Waals surface area contributed by atoms with Crippen molar-refractivity contribution in [1.82, 2.24) is 0 Å². The Morgan fingerprint density at radius 2 is 1.88 bits per heavy atom. The van der Waals surface area contributed by atoms with Gasteiger partial charge in [-0.15, -0.1) is 0 Å². The highest BCUT2D eigenvalue weighted by Crippen LogP contribution is 2.29. The lowest BCUT2D eigenvalue weighted by Gasteiger charge is -2.11. The molecular weight excluding hydrogens is 303 g/mol. The molecule has 1 atom stereocenters. The summed E-state index contributed by atoms with van der Waals surface area (Å²) in [7, 11) is 0. The van der Waals surface area contributed by atoms with Gasteiger partial charge in [0.2, 0.25) is 0 Å². The first-order chi connectivity index (χ1) is 8.16. The summed E-state index contributed by atoms with van der Waals surface area (Å²) in [6, 6.07) is 14.4. The van der Waals surface area contributed by atoms with Crippen LogP contribution in [-0.2, 0) is 6.42 Å². The van der Waals surface area contributed by atoms with Crippen molar-refractivity contribution in [3.63, 3.8) is 0 Å². The van der Waals surface area contributed by atoms with E-state index in [9.17, 15) is 4.39 Å². The molecule has 0 N–H and O–H groups in total. The van der Waals surface area contributed by atoms with Crippen LogP contribution in [0.25, 0.3) is 0 Å². The first-order valence-electron chi connectivity index (χ1n) is 5.30. The number of halogens is 3. The van der Waals surface area contributed by atoms with Gasteiger partial charge in [-0.25, -0.2) is 4.39 Å². The maximum Gasteiger partial charge on any atom is 0.126 e. The summed E-state index contributed by atoms with van der Waals surface area (Å²) in [5, 5.41) is 0.695. The summed E-state index contributed by atoms with van der Waals surface area (Å²) in [5.41, 5.74) is 1.76. The zero-order chi connectivity index (χ0) is 12.3. The second-order valence-electron chi connectivity index (χ2n) is 3.82.